The largest absolute Gasteiger partial charge is 0.462 e. The first-order valence-corrected chi connectivity index (χ1v) is 29.6. The third-order valence-electron chi connectivity index (χ3n) is 13.8. The lowest BCUT2D eigenvalue weighted by Gasteiger charge is -2.24. The molecule has 0 aromatic rings. The molecule has 0 rings (SSSR count). The fraction of sp³-hybridized carbons (Fsp3) is 0.900. The van der Waals surface area contributed by atoms with Gasteiger partial charge in [0.2, 0.25) is 5.91 Å². The van der Waals surface area contributed by atoms with E-state index in [4.69, 9.17) is 4.74 Å². The maximum Gasteiger partial charge on any atom is 0.306 e. The van der Waals surface area contributed by atoms with E-state index >= 15 is 0 Å². The highest BCUT2D eigenvalue weighted by Gasteiger charge is 2.24. The van der Waals surface area contributed by atoms with E-state index in [0.29, 0.717) is 19.3 Å². The van der Waals surface area contributed by atoms with Crippen molar-refractivity contribution in [2.75, 3.05) is 6.61 Å². The average molecular weight is 931 g/mol. The molecule has 6 heteroatoms. The van der Waals surface area contributed by atoms with E-state index in [1.165, 1.54) is 218 Å². The summed E-state index contributed by atoms with van der Waals surface area (Å²) in [4.78, 5) is 26.3. The van der Waals surface area contributed by atoms with Crippen LogP contribution in [0, 0.1) is 0 Å². The Hall–Kier alpha value is -1.66. The number of hydrogen-bond acceptors (Lipinski definition) is 5. The monoisotopic (exact) mass is 930 g/mol. The molecular weight excluding hydrogens is 815 g/mol. The number of unbranched alkanes of at least 4 members (excludes halogenated alkanes) is 38. The number of nitrogens with one attached hydrogen (secondary N) is 1. The molecule has 390 valence electrons. The Morgan fingerprint density at radius 2 is 0.727 bits per heavy atom. The predicted octanol–water partition coefficient (Wildman–Crippen LogP) is 18.2. The summed E-state index contributed by atoms with van der Waals surface area (Å²) in [6.07, 6.45) is 63.9. The molecule has 0 saturated carbocycles. The van der Waals surface area contributed by atoms with Gasteiger partial charge in [-0.2, -0.15) is 0 Å². The number of aliphatic hydroxyl groups is 2. The number of aliphatic hydroxyl groups excluding tert-OH is 2. The van der Waals surface area contributed by atoms with Gasteiger partial charge in [0.1, 0.15) is 6.10 Å². The van der Waals surface area contributed by atoms with Crippen molar-refractivity contribution >= 4 is 11.9 Å². The molecule has 1 amide bonds. The first-order chi connectivity index (χ1) is 32.5. The van der Waals surface area contributed by atoms with Crippen LogP contribution in [-0.4, -0.2) is 46.9 Å². The van der Waals surface area contributed by atoms with Gasteiger partial charge in [-0.05, 0) is 77.0 Å². The quantitative estimate of drug-likeness (QED) is 0.0321. The summed E-state index contributed by atoms with van der Waals surface area (Å²) in [5.41, 5.74) is 0. The Kier molecular flexibility index (Phi) is 52.9. The van der Waals surface area contributed by atoms with Gasteiger partial charge >= 0.3 is 5.97 Å². The Morgan fingerprint density at radius 1 is 0.424 bits per heavy atom. The van der Waals surface area contributed by atoms with Crippen LogP contribution in [0.2, 0.25) is 0 Å². The molecule has 0 saturated heterocycles. The minimum absolute atomic E-state index is 0.0711. The molecule has 0 aliphatic heterocycles. The van der Waals surface area contributed by atoms with Crippen molar-refractivity contribution in [2.45, 2.75) is 341 Å². The van der Waals surface area contributed by atoms with Crippen molar-refractivity contribution in [3.63, 3.8) is 0 Å². The van der Waals surface area contributed by atoms with E-state index in [0.717, 1.165) is 57.8 Å². The molecule has 0 fully saturated rings. The molecule has 66 heavy (non-hydrogen) atoms. The number of rotatable bonds is 54. The van der Waals surface area contributed by atoms with Gasteiger partial charge in [0, 0.05) is 6.42 Å². The second-order valence-corrected chi connectivity index (χ2v) is 20.4. The highest BCUT2D eigenvalue weighted by atomic mass is 16.5. The molecular formula is C60H115NO5. The minimum atomic E-state index is -0.789. The van der Waals surface area contributed by atoms with Crippen LogP contribution < -0.4 is 5.32 Å². The number of carbonyl (C=O) groups is 2. The van der Waals surface area contributed by atoms with Crippen LogP contribution in [0.4, 0.5) is 0 Å². The lowest BCUT2D eigenvalue weighted by Crippen LogP contribution is -2.46. The number of hydrogen-bond donors (Lipinski definition) is 3. The van der Waals surface area contributed by atoms with Crippen molar-refractivity contribution in [3.05, 3.63) is 24.3 Å². The van der Waals surface area contributed by atoms with Crippen molar-refractivity contribution in [1.29, 1.82) is 0 Å². The summed E-state index contributed by atoms with van der Waals surface area (Å²) in [6, 6.07) is -0.703. The summed E-state index contributed by atoms with van der Waals surface area (Å²) in [7, 11) is 0. The summed E-state index contributed by atoms with van der Waals surface area (Å²) in [5, 5.41) is 23.9. The average Bonchev–Trinajstić information content (AvgIpc) is 3.31. The van der Waals surface area contributed by atoms with Crippen LogP contribution in [0.1, 0.15) is 323 Å². The van der Waals surface area contributed by atoms with Crippen molar-refractivity contribution in [3.8, 4) is 0 Å². The standard InChI is InChI=1S/C60H115NO5/c1-4-7-10-13-16-19-22-25-28-29-30-31-32-35-38-41-44-47-50-53-60(65)66-56(51-48-45-42-39-36-33-26-23-20-17-14-11-8-5-2)54-59(64)61-57(55-62)58(63)52-49-46-43-40-37-34-27-24-21-18-15-12-9-6-3/h25,28,33,36,56-58,62-63H,4-24,26-27,29-32,34-35,37-55H2,1-3H3,(H,61,64)/b28-25+,36-33+. The van der Waals surface area contributed by atoms with Crippen molar-refractivity contribution < 1.29 is 24.5 Å². The second kappa shape index (κ2) is 54.3. The van der Waals surface area contributed by atoms with Gasteiger partial charge in [0.25, 0.3) is 0 Å². The number of allylic oxidation sites excluding steroid dienone is 4. The zero-order valence-electron chi connectivity index (χ0n) is 44.6. The molecule has 0 aromatic heterocycles. The molecule has 3 atom stereocenters. The Bertz CT molecular complexity index is 1040. The zero-order chi connectivity index (χ0) is 48.1. The first-order valence-electron chi connectivity index (χ1n) is 29.6. The van der Waals surface area contributed by atoms with Gasteiger partial charge in [-0.15, -0.1) is 0 Å². The highest BCUT2D eigenvalue weighted by Crippen LogP contribution is 2.18. The lowest BCUT2D eigenvalue weighted by molar-refractivity contribution is -0.151. The molecule has 3 N–H and O–H groups in total. The molecule has 6 nitrogen and oxygen atoms in total. The van der Waals surface area contributed by atoms with E-state index in [1.807, 2.05) is 0 Å². The number of carbonyl (C=O) groups excluding carboxylic acids is 2. The van der Waals surface area contributed by atoms with Gasteiger partial charge in [-0.1, -0.05) is 257 Å². The Morgan fingerprint density at radius 3 is 1.09 bits per heavy atom. The Balaban J connectivity index is 4.51. The molecule has 0 bridgehead atoms. The normalized spacial score (nSPS) is 13.2. The summed E-state index contributed by atoms with van der Waals surface area (Å²) in [6.45, 7) is 6.51. The zero-order valence-corrected chi connectivity index (χ0v) is 44.6. The highest BCUT2D eigenvalue weighted by molar-refractivity contribution is 5.77. The number of amides is 1. The SMILES string of the molecule is CCCCCCCC/C=C/CCCCCCCCCCCC(=O)OC(CCCCC/C=C/CCCCCCCCC)CC(=O)NC(CO)C(O)CCCCCCCCCCCCCCCC. The fourth-order valence-electron chi connectivity index (χ4n) is 9.25. The smallest absolute Gasteiger partial charge is 0.306 e. The number of esters is 1. The topological polar surface area (TPSA) is 95.9 Å². The predicted molar refractivity (Wildman–Crippen MR) is 287 cm³/mol. The van der Waals surface area contributed by atoms with E-state index in [-0.39, 0.29) is 24.9 Å². The third kappa shape index (κ3) is 48.8. The van der Waals surface area contributed by atoms with E-state index in [2.05, 4.69) is 50.4 Å². The third-order valence-corrected chi connectivity index (χ3v) is 13.8. The van der Waals surface area contributed by atoms with E-state index < -0.39 is 18.2 Å². The van der Waals surface area contributed by atoms with Crippen molar-refractivity contribution in [2.24, 2.45) is 0 Å². The van der Waals surface area contributed by atoms with Crippen molar-refractivity contribution in [1.82, 2.24) is 5.32 Å². The second-order valence-electron chi connectivity index (χ2n) is 20.4. The molecule has 0 aliphatic rings. The van der Waals surface area contributed by atoms with Crippen LogP contribution in [0.25, 0.3) is 0 Å². The number of ether oxygens (including phenoxy) is 1. The molecule has 0 heterocycles. The van der Waals surface area contributed by atoms with Crippen LogP contribution in [0.3, 0.4) is 0 Å². The molecule has 0 spiro atoms. The maximum absolute atomic E-state index is 13.3. The molecule has 3 unspecified atom stereocenters. The van der Waals surface area contributed by atoms with Crippen LogP contribution in [0.5, 0.6) is 0 Å². The summed E-state index contributed by atoms with van der Waals surface area (Å²) in [5.74, 6) is -0.473. The van der Waals surface area contributed by atoms with Gasteiger partial charge in [0.05, 0.1) is 25.2 Å². The Labute approximate surface area is 411 Å². The molecule has 0 aromatic carbocycles. The van der Waals surface area contributed by atoms with Gasteiger partial charge in [0.15, 0.2) is 0 Å². The van der Waals surface area contributed by atoms with E-state index in [1.54, 1.807) is 0 Å². The molecule has 0 radical (unpaired) electrons. The van der Waals surface area contributed by atoms with Gasteiger partial charge < -0.3 is 20.3 Å². The first kappa shape index (κ1) is 64.3. The minimum Gasteiger partial charge on any atom is -0.462 e. The lowest BCUT2D eigenvalue weighted by atomic mass is 10.0. The summed E-state index contributed by atoms with van der Waals surface area (Å²) < 4.78 is 5.96. The van der Waals surface area contributed by atoms with Gasteiger partial charge in [-0.25, -0.2) is 0 Å². The maximum atomic E-state index is 13.3. The fourth-order valence-corrected chi connectivity index (χ4v) is 9.25. The summed E-state index contributed by atoms with van der Waals surface area (Å²) >= 11 is 0. The molecule has 0 aliphatic carbocycles. The van der Waals surface area contributed by atoms with Crippen LogP contribution in [-0.2, 0) is 14.3 Å². The van der Waals surface area contributed by atoms with Gasteiger partial charge in [-0.3, -0.25) is 9.59 Å². The van der Waals surface area contributed by atoms with Crippen LogP contribution >= 0.6 is 0 Å². The van der Waals surface area contributed by atoms with Crippen LogP contribution in [0.15, 0.2) is 24.3 Å². The van der Waals surface area contributed by atoms with E-state index in [9.17, 15) is 19.8 Å².